The van der Waals surface area contributed by atoms with Crippen molar-refractivity contribution in [2.75, 3.05) is 26.8 Å². The zero-order valence-corrected chi connectivity index (χ0v) is 21.1. The predicted molar refractivity (Wildman–Crippen MR) is 138 cm³/mol. The number of benzene rings is 3. The third-order valence-electron chi connectivity index (χ3n) is 7.09. The second kappa shape index (κ2) is 10.1. The molecule has 0 aromatic heterocycles. The van der Waals surface area contributed by atoms with Gasteiger partial charge in [-0.1, -0.05) is 48.5 Å². The number of fused-ring (bicyclic) bond motifs is 4. The predicted octanol–water partition coefficient (Wildman–Crippen LogP) is 4.98. The summed E-state index contributed by atoms with van der Waals surface area (Å²) in [7, 11) is 1.84. The van der Waals surface area contributed by atoms with Crippen LogP contribution in [0.2, 0.25) is 0 Å². The van der Waals surface area contributed by atoms with Gasteiger partial charge >= 0.3 is 0 Å². The number of rotatable bonds is 7. The van der Waals surface area contributed by atoms with Crippen molar-refractivity contribution in [3.05, 3.63) is 94.5 Å². The Morgan fingerprint density at radius 3 is 2.33 bits per heavy atom. The number of nitrogens with zero attached hydrogens (tertiary/aromatic N) is 2. The highest BCUT2D eigenvalue weighted by molar-refractivity contribution is 6.01. The first-order valence-corrected chi connectivity index (χ1v) is 12.6. The summed E-state index contributed by atoms with van der Waals surface area (Å²) in [6, 6.07) is 21.1. The van der Waals surface area contributed by atoms with E-state index in [0.717, 1.165) is 22.3 Å². The highest BCUT2D eigenvalue weighted by Crippen LogP contribution is 2.49. The molecule has 2 heterocycles. The van der Waals surface area contributed by atoms with Crippen LogP contribution in [0.25, 0.3) is 0 Å². The minimum absolute atomic E-state index is 0.00602. The van der Waals surface area contributed by atoms with E-state index in [9.17, 15) is 9.59 Å². The maximum Gasteiger partial charge on any atom is 0.254 e. The van der Waals surface area contributed by atoms with Gasteiger partial charge in [0.05, 0.1) is 25.2 Å². The fraction of sp³-hybridized carbons (Fsp3) is 0.333. The molecule has 2 aliphatic rings. The summed E-state index contributed by atoms with van der Waals surface area (Å²) in [5.74, 6) is 0.809. The Bertz CT molecular complexity index is 1270. The summed E-state index contributed by atoms with van der Waals surface area (Å²) in [6.07, 6.45) is 0.701. The van der Waals surface area contributed by atoms with Crippen LogP contribution in [0, 0.1) is 0 Å². The monoisotopic (exact) mass is 484 g/mol. The Morgan fingerprint density at radius 2 is 1.61 bits per heavy atom. The minimum atomic E-state index is -0.515. The maximum atomic E-state index is 14.1. The van der Waals surface area contributed by atoms with Crippen LogP contribution >= 0.6 is 0 Å². The zero-order chi connectivity index (χ0) is 25.2. The van der Waals surface area contributed by atoms with Crippen LogP contribution in [0.4, 0.5) is 0 Å². The molecular formula is C30H32N2O4. The molecule has 36 heavy (non-hydrogen) atoms. The van der Waals surface area contributed by atoms with Gasteiger partial charge in [0.1, 0.15) is 0 Å². The summed E-state index contributed by atoms with van der Waals surface area (Å²) in [6.45, 7) is 5.97. The van der Waals surface area contributed by atoms with Gasteiger partial charge in [-0.3, -0.25) is 9.59 Å². The van der Waals surface area contributed by atoms with E-state index < -0.39 is 12.0 Å². The van der Waals surface area contributed by atoms with Crippen molar-refractivity contribution in [2.45, 2.75) is 38.8 Å². The van der Waals surface area contributed by atoms with E-state index in [-0.39, 0.29) is 11.8 Å². The number of hydrogen-bond donors (Lipinski definition) is 0. The first-order valence-electron chi connectivity index (χ1n) is 12.6. The van der Waals surface area contributed by atoms with Gasteiger partial charge in [-0.15, -0.1) is 0 Å². The van der Waals surface area contributed by atoms with E-state index in [1.807, 2.05) is 92.5 Å². The smallest absolute Gasteiger partial charge is 0.254 e. The van der Waals surface area contributed by atoms with Crippen molar-refractivity contribution in [3.8, 4) is 11.5 Å². The van der Waals surface area contributed by atoms with Crippen LogP contribution in [-0.4, -0.2) is 48.4 Å². The van der Waals surface area contributed by atoms with Gasteiger partial charge in [0.15, 0.2) is 11.5 Å². The molecule has 186 valence electrons. The van der Waals surface area contributed by atoms with E-state index in [4.69, 9.17) is 9.47 Å². The molecule has 3 aromatic rings. The molecule has 5 rings (SSSR count). The van der Waals surface area contributed by atoms with E-state index in [1.54, 1.807) is 4.90 Å². The van der Waals surface area contributed by atoms with Crippen LogP contribution in [0.15, 0.2) is 66.7 Å². The number of hydrogen-bond acceptors (Lipinski definition) is 4. The summed E-state index contributed by atoms with van der Waals surface area (Å²) in [4.78, 5) is 31.4. The first kappa shape index (κ1) is 23.9. The zero-order valence-electron chi connectivity index (χ0n) is 21.1. The topological polar surface area (TPSA) is 59.1 Å². The summed E-state index contributed by atoms with van der Waals surface area (Å²) in [5.41, 5.74) is 4.52. The maximum absolute atomic E-state index is 14.1. The second-order valence-electron chi connectivity index (χ2n) is 9.30. The largest absolute Gasteiger partial charge is 0.490 e. The van der Waals surface area contributed by atoms with Gasteiger partial charge in [0.25, 0.3) is 5.91 Å². The van der Waals surface area contributed by atoms with Crippen LogP contribution in [-0.2, 0) is 17.8 Å². The molecule has 0 unspecified atom stereocenters. The SMILES string of the molecule is CCOc1cc2c(cc1OCC)[C@H]1[C@H](C(=O)N(C)Cc3ccccc3)c3ccccc3C(=O)N1CC2. The fourth-order valence-corrected chi connectivity index (χ4v) is 5.51. The molecule has 2 amide bonds. The number of amides is 2. The molecule has 0 radical (unpaired) electrons. The molecule has 6 nitrogen and oxygen atoms in total. The quantitative estimate of drug-likeness (QED) is 0.475. The number of likely N-dealkylation sites (N-methyl/N-ethyl adjacent to an activating group) is 1. The van der Waals surface area contributed by atoms with Gasteiger partial charge in [-0.2, -0.15) is 0 Å². The first-order chi connectivity index (χ1) is 17.5. The van der Waals surface area contributed by atoms with Gasteiger partial charge < -0.3 is 19.3 Å². The number of carbonyl (C=O) groups is 2. The lowest BCUT2D eigenvalue weighted by Crippen LogP contribution is -2.50. The lowest BCUT2D eigenvalue weighted by atomic mass is 9.75. The average molecular weight is 485 g/mol. The normalized spacial score (nSPS) is 18.1. The van der Waals surface area contributed by atoms with Gasteiger partial charge in [-0.05, 0) is 60.7 Å². The van der Waals surface area contributed by atoms with Crippen molar-refractivity contribution in [3.63, 3.8) is 0 Å². The van der Waals surface area contributed by atoms with E-state index >= 15 is 0 Å². The van der Waals surface area contributed by atoms with Crippen molar-refractivity contribution in [1.29, 1.82) is 0 Å². The van der Waals surface area contributed by atoms with Crippen LogP contribution in [0.3, 0.4) is 0 Å². The molecule has 0 saturated heterocycles. The van der Waals surface area contributed by atoms with Crippen LogP contribution in [0.5, 0.6) is 11.5 Å². The fourth-order valence-electron chi connectivity index (χ4n) is 5.51. The van der Waals surface area contributed by atoms with Gasteiger partial charge in [0, 0.05) is 25.7 Å². The van der Waals surface area contributed by atoms with E-state index in [1.165, 1.54) is 0 Å². The highest BCUT2D eigenvalue weighted by atomic mass is 16.5. The van der Waals surface area contributed by atoms with Crippen LogP contribution in [0.1, 0.15) is 58.4 Å². The van der Waals surface area contributed by atoms with Crippen molar-refractivity contribution in [2.24, 2.45) is 0 Å². The Labute approximate surface area is 212 Å². The highest BCUT2D eigenvalue weighted by Gasteiger charge is 2.47. The molecule has 3 aromatic carbocycles. The minimum Gasteiger partial charge on any atom is -0.490 e. The lowest BCUT2D eigenvalue weighted by molar-refractivity contribution is -0.134. The van der Waals surface area contributed by atoms with E-state index in [2.05, 4.69) is 0 Å². The number of ether oxygens (including phenoxy) is 2. The molecule has 0 aliphatic carbocycles. The molecule has 0 spiro atoms. The molecule has 2 atom stereocenters. The van der Waals surface area contributed by atoms with Gasteiger partial charge in [0.2, 0.25) is 5.91 Å². The summed E-state index contributed by atoms with van der Waals surface area (Å²) >= 11 is 0. The Hall–Kier alpha value is -3.80. The molecule has 0 bridgehead atoms. The third-order valence-corrected chi connectivity index (χ3v) is 7.09. The Balaban J connectivity index is 1.62. The average Bonchev–Trinajstić information content (AvgIpc) is 2.90. The van der Waals surface area contributed by atoms with Crippen LogP contribution < -0.4 is 9.47 Å². The third kappa shape index (κ3) is 4.21. The molecule has 0 fully saturated rings. The Morgan fingerprint density at radius 1 is 0.944 bits per heavy atom. The van der Waals surface area contributed by atoms with Gasteiger partial charge in [-0.25, -0.2) is 0 Å². The molecule has 2 aliphatic heterocycles. The number of carbonyl (C=O) groups excluding carboxylic acids is 2. The lowest BCUT2D eigenvalue weighted by Gasteiger charge is -2.46. The van der Waals surface area contributed by atoms with E-state index in [0.29, 0.717) is 49.8 Å². The summed E-state index contributed by atoms with van der Waals surface area (Å²) < 4.78 is 11.8. The standard InChI is InChI=1S/C30H32N2O4/c1-4-35-25-17-21-15-16-32-28(24(21)18-26(25)36-5-2)27(22-13-9-10-14-23(22)29(32)33)30(34)31(3)19-20-11-7-6-8-12-20/h6-14,17-18,27-28H,4-5,15-16,19H2,1-3H3/t27-,28+/m1/s1. The van der Waals surface area contributed by atoms with Crippen molar-refractivity contribution < 1.29 is 19.1 Å². The molecule has 0 saturated carbocycles. The molecule has 6 heteroatoms. The molecular weight excluding hydrogens is 452 g/mol. The second-order valence-corrected chi connectivity index (χ2v) is 9.30. The summed E-state index contributed by atoms with van der Waals surface area (Å²) in [5, 5.41) is 0. The van der Waals surface area contributed by atoms with Crippen molar-refractivity contribution >= 4 is 11.8 Å². The van der Waals surface area contributed by atoms with Crippen molar-refractivity contribution in [1.82, 2.24) is 9.80 Å². The molecule has 0 N–H and O–H groups in total. The Kier molecular flexibility index (Phi) is 6.68.